The van der Waals surface area contributed by atoms with Gasteiger partial charge in [0, 0.05) is 6.07 Å². The molecule has 0 heterocycles. The molecule has 0 bridgehead atoms. The summed E-state index contributed by atoms with van der Waals surface area (Å²) < 4.78 is 6.21. The van der Waals surface area contributed by atoms with Crippen LogP contribution < -0.4 is 4.74 Å². The summed E-state index contributed by atoms with van der Waals surface area (Å²) in [6.45, 7) is 20.7. The molecule has 0 aromatic heterocycles. The molecule has 0 fully saturated rings. The first-order valence-corrected chi connectivity index (χ1v) is 12.8. The van der Waals surface area contributed by atoms with Crippen molar-refractivity contribution in [1.29, 1.82) is 0 Å². The Morgan fingerprint density at radius 3 is 1.50 bits per heavy atom. The Bertz CT molecular complexity index is 991. The first-order chi connectivity index (χ1) is 14.9. The van der Waals surface area contributed by atoms with Crippen molar-refractivity contribution in [2.24, 2.45) is 0 Å². The zero-order valence-corrected chi connectivity index (χ0v) is 22.1. The van der Waals surface area contributed by atoms with Gasteiger partial charge in [0.05, 0.1) is 6.61 Å². The highest BCUT2D eigenvalue weighted by molar-refractivity contribution is 7.97. The van der Waals surface area contributed by atoms with Crippen molar-refractivity contribution in [3.8, 4) is 5.75 Å². The molecule has 0 aliphatic heterocycles. The van der Waals surface area contributed by atoms with E-state index in [1.165, 1.54) is 36.9 Å². The summed E-state index contributed by atoms with van der Waals surface area (Å²) in [7, 11) is -0.243. The van der Waals surface area contributed by atoms with Crippen molar-refractivity contribution in [3.63, 3.8) is 0 Å². The Labute approximate surface area is 198 Å². The van der Waals surface area contributed by atoms with E-state index in [1.807, 2.05) is 0 Å². The summed E-state index contributed by atoms with van der Waals surface area (Å²) in [6, 6.07) is 23.0. The zero-order chi connectivity index (χ0) is 23.7. The van der Waals surface area contributed by atoms with Crippen molar-refractivity contribution in [3.05, 3.63) is 82.9 Å². The first-order valence-electron chi connectivity index (χ1n) is 11.6. The number of benzene rings is 3. The highest BCUT2D eigenvalue weighted by Gasteiger charge is 2.34. The van der Waals surface area contributed by atoms with Crippen LogP contribution in [0.25, 0.3) is 0 Å². The van der Waals surface area contributed by atoms with Crippen LogP contribution in [0, 0.1) is 13.8 Å². The van der Waals surface area contributed by atoms with E-state index in [0.717, 1.165) is 5.75 Å². The van der Waals surface area contributed by atoms with Gasteiger partial charge in [0.25, 0.3) is 0 Å². The van der Waals surface area contributed by atoms with Crippen LogP contribution in [0.2, 0.25) is 0 Å². The van der Waals surface area contributed by atoms with Crippen LogP contribution in [0.5, 0.6) is 5.75 Å². The van der Waals surface area contributed by atoms with E-state index in [1.54, 1.807) is 0 Å². The van der Waals surface area contributed by atoms with Gasteiger partial charge in [0.2, 0.25) is 4.90 Å². The quantitative estimate of drug-likeness (QED) is 0.357. The molecule has 0 unspecified atom stereocenters. The van der Waals surface area contributed by atoms with Gasteiger partial charge in [0.15, 0.2) is 15.5 Å². The molecule has 0 spiro atoms. The molecule has 32 heavy (non-hydrogen) atoms. The van der Waals surface area contributed by atoms with Crippen LogP contribution >= 0.6 is 0 Å². The van der Waals surface area contributed by atoms with Crippen LogP contribution in [0.3, 0.4) is 0 Å². The molecule has 0 saturated heterocycles. The second-order valence-corrected chi connectivity index (χ2v) is 12.7. The molecular formula is C30H39OS+. The summed E-state index contributed by atoms with van der Waals surface area (Å²) in [5.41, 5.74) is 5.48. The van der Waals surface area contributed by atoms with Gasteiger partial charge >= 0.3 is 0 Å². The number of hydrogen-bond donors (Lipinski definition) is 0. The molecule has 3 aromatic rings. The van der Waals surface area contributed by atoms with E-state index in [-0.39, 0.29) is 21.7 Å². The first kappa shape index (κ1) is 24.5. The van der Waals surface area contributed by atoms with Gasteiger partial charge in [-0.1, -0.05) is 71.9 Å². The van der Waals surface area contributed by atoms with E-state index in [9.17, 15) is 0 Å². The number of ether oxygens (including phenoxy) is 1. The average molecular weight is 448 g/mol. The summed E-state index contributed by atoms with van der Waals surface area (Å²) in [5.74, 6) is 1.03. The molecule has 3 rings (SSSR count). The maximum absolute atomic E-state index is 6.21. The van der Waals surface area contributed by atoms with Crippen LogP contribution in [-0.2, 0) is 21.7 Å². The minimum absolute atomic E-state index is 0.141. The van der Waals surface area contributed by atoms with E-state index >= 15 is 0 Å². The average Bonchev–Trinajstić information content (AvgIpc) is 2.70. The number of hydrogen-bond acceptors (Lipinski definition) is 1. The maximum Gasteiger partial charge on any atom is 0.208 e. The second-order valence-electron chi connectivity index (χ2n) is 10.7. The SMILES string of the molecule is CCOc1c(C)cc(C)cc1[S+](c1ccc(C(C)(C)C)cc1)c1ccc(C(C)(C)C)cc1. The molecule has 2 heteroatoms. The van der Waals surface area contributed by atoms with E-state index in [2.05, 4.69) is 123 Å². The Balaban J connectivity index is 2.21. The fourth-order valence-corrected chi connectivity index (χ4v) is 6.27. The van der Waals surface area contributed by atoms with Gasteiger partial charge in [-0.05, 0) is 78.1 Å². The molecule has 0 atom stereocenters. The predicted octanol–water partition coefficient (Wildman–Crippen LogP) is 8.39. The lowest BCUT2D eigenvalue weighted by Gasteiger charge is -2.21. The Morgan fingerprint density at radius 2 is 1.12 bits per heavy atom. The summed E-state index contributed by atoms with van der Waals surface area (Å²) in [6.07, 6.45) is 0. The monoisotopic (exact) mass is 447 g/mol. The second kappa shape index (κ2) is 9.35. The lowest BCUT2D eigenvalue weighted by atomic mass is 9.87. The third kappa shape index (κ3) is 5.41. The van der Waals surface area contributed by atoms with Gasteiger partial charge in [-0.2, -0.15) is 0 Å². The van der Waals surface area contributed by atoms with E-state index < -0.39 is 0 Å². The molecule has 0 aliphatic rings. The molecule has 0 saturated carbocycles. The van der Waals surface area contributed by atoms with Gasteiger partial charge < -0.3 is 4.74 Å². The lowest BCUT2D eigenvalue weighted by molar-refractivity contribution is 0.329. The molecule has 0 aliphatic carbocycles. The van der Waals surface area contributed by atoms with Gasteiger partial charge in [-0.3, -0.25) is 0 Å². The molecule has 0 N–H and O–H groups in total. The highest BCUT2D eigenvalue weighted by Crippen LogP contribution is 2.40. The summed E-state index contributed by atoms with van der Waals surface area (Å²) in [5, 5.41) is 0. The zero-order valence-electron chi connectivity index (χ0n) is 21.3. The smallest absolute Gasteiger partial charge is 0.208 e. The maximum atomic E-state index is 6.21. The van der Waals surface area contributed by atoms with Crippen LogP contribution in [0.1, 0.15) is 70.7 Å². The third-order valence-corrected chi connectivity index (χ3v) is 8.04. The summed E-state index contributed by atoms with van der Waals surface area (Å²) in [4.78, 5) is 3.93. The molecular weight excluding hydrogens is 408 g/mol. The van der Waals surface area contributed by atoms with Crippen molar-refractivity contribution >= 4 is 10.9 Å². The van der Waals surface area contributed by atoms with Gasteiger partial charge in [-0.25, -0.2) is 0 Å². The van der Waals surface area contributed by atoms with Crippen molar-refractivity contribution in [2.45, 2.75) is 87.8 Å². The normalized spacial score (nSPS) is 12.3. The largest absolute Gasteiger partial charge is 0.488 e. The van der Waals surface area contributed by atoms with Crippen LogP contribution in [-0.4, -0.2) is 6.61 Å². The third-order valence-electron chi connectivity index (χ3n) is 5.81. The van der Waals surface area contributed by atoms with E-state index in [0.29, 0.717) is 6.61 Å². The Hall–Kier alpha value is -2.19. The minimum atomic E-state index is -0.243. The molecule has 1 nitrogen and oxygen atoms in total. The Kier molecular flexibility index (Phi) is 7.15. The van der Waals surface area contributed by atoms with Gasteiger partial charge in [0.1, 0.15) is 10.9 Å². The fraction of sp³-hybridized carbons (Fsp3) is 0.400. The predicted molar refractivity (Wildman–Crippen MR) is 140 cm³/mol. The number of aryl methyl sites for hydroxylation is 2. The fourth-order valence-electron chi connectivity index (χ4n) is 3.97. The topological polar surface area (TPSA) is 9.23 Å². The van der Waals surface area contributed by atoms with E-state index in [4.69, 9.17) is 4.74 Å². The molecule has 3 aromatic carbocycles. The number of rotatable bonds is 5. The van der Waals surface area contributed by atoms with Gasteiger partial charge in [-0.15, -0.1) is 0 Å². The standard InChI is InChI=1S/C30H39OS/c1-10-31-28-22(3)19-21(2)20-27(28)32(25-15-11-23(12-16-25)29(4,5)6)26-17-13-24(14-18-26)30(7,8)9/h11-20H,10H2,1-9H3/q+1. The van der Waals surface area contributed by atoms with Crippen LogP contribution in [0.15, 0.2) is 75.4 Å². The summed E-state index contributed by atoms with van der Waals surface area (Å²) >= 11 is 0. The van der Waals surface area contributed by atoms with Crippen molar-refractivity contribution < 1.29 is 4.74 Å². The lowest BCUT2D eigenvalue weighted by Crippen LogP contribution is -2.14. The van der Waals surface area contributed by atoms with Crippen LogP contribution in [0.4, 0.5) is 0 Å². The minimum Gasteiger partial charge on any atom is -0.488 e. The molecule has 0 radical (unpaired) electrons. The van der Waals surface area contributed by atoms with Crippen molar-refractivity contribution in [1.82, 2.24) is 0 Å². The Morgan fingerprint density at radius 1 is 0.688 bits per heavy atom. The van der Waals surface area contributed by atoms with Crippen molar-refractivity contribution in [2.75, 3.05) is 6.61 Å². The molecule has 0 amide bonds. The molecule has 170 valence electrons. The highest BCUT2D eigenvalue weighted by atomic mass is 32.2.